The van der Waals surface area contributed by atoms with E-state index in [1.807, 2.05) is 17.9 Å². The number of halogens is 1. The summed E-state index contributed by atoms with van der Waals surface area (Å²) in [4.78, 5) is 11.2. The topological polar surface area (TPSA) is 78.4 Å². The third kappa shape index (κ3) is 4.77. The molecule has 0 saturated carbocycles. The lowest BCUT2D eigenvalue weighted by atomic mass is 10.1. The molecule has 7 nitrogen and oxygen atoms in total. The second kappa shape index (κ2) is 7.63. The average molecular weight is 408 g/mol. The van der Waals surface area contributed by atoms with Gasteiger partial charge in [0.05, 0.1) is 4.90 Å². The molecule has 1 N–H and O–H groups in total. The minimum Gasteiger partial charge on any atom is -0.365 e. The number of nitrogens with one attached hydrogen (secondary N) is 1. The Kier molecular flexibility index (Phi) is 5.58. The molecule has 1 saturated heterocycles. The number of hydrogen-bond donors (Lipinski definition) is 1. The van der Waals surface area contributed by atoms with E-state index in [-0.39, 0.29) is 10.4 Å². The van der Waals surface area contributed by atoms with Crippen LogP contribution in [0.25, 0.3) is 0 Å². The van der Waals surface area contributed by atoms with Crippen LogP contribution in [0.2, 0.25) is 0 Å². The van der Waals surface area contributed by atoms with Gasteiger partial charge in [-0.05, 0) is 52.0 Å². The fraction of sp³-hybridized carbons (Fsp3) is 0.474. The van der Waals surface area contributed by atoms with Crippen molar-refractivity contribution in [2.75, 3.05) is 36.4 Å². The van der Waals surface area contributed by atoms with Gasteiger partial charge in [-0.15, -0.1) is 0 Å². The lowest BCUT2D eigenvalue weighted by Gasteiger charge is -2.34. The quantitative estimate of drug-likeness (QED) is 0.840. The van der Waals surface area contributed by atoms with Crippen LogP contribution in [-0.2, 0) is 10.0 Å². The average Bonchev–Trinajstić information content (AvgIpc) is 2.60. The number of anilines is 2. The van der Waals surface area contributed by atoms with Crippen molar-refractivity contribution in [2.24, 2.45) is 0 Å². The Balaban J connectivity index is 1.72. The molecule has 0 bridgehead atoms. The van der Waals surface area contributed by atoms with Gasteiger partial charge in [-0.2, -0.15) is 9.29 Å². The molecule has 1 fully saturated rings. The summed E-state index contributed by atoms with van der Waals surface area (Å²) in [7, 11) is -3.64. The fourth-order valence-corrected chi connectivity index (χ4v) is 4.45. The van der Waals surface area contributed by atoms with Crippen LogP contribution >= 0.6 is 0 Å². The molecule has 0 aliphatic carbocycles. The molecule has 1 aromatic heterocycles. The first kappa shape index (κ1) is 20.5. The Hall–Kier alpha value is -2.26. The second-order valence-electron chi connectivity index (χ2n) is 7.91. The molecule has 0 spiro atoms. The minimum atomic E-state index is -3.64. The number of hydrogen-bond acceptors (Lipinski definition) is 6. The van der Waals surface area contributed by atoms with Crippen molar-refractivity contribution < 1.29 is 12.8 Å². The zero-order chi connectivity index (χ0) is 20.5. The van der Waals surface area contributed by atoms with Crippen LogP contribution in [0.5, 0.6) is 0 Å². The summed E-state index contributed by atoms with van der Waals surface area (Å²) in [6, 6.07) is 6.81. The lowest BCUT2D eigenvalue weighted by Crippen LogP contribution is -2.49. The summed E-state index contributed by atoms with van der Waals surface area (Å²) in [5, 5.41) is 3.35. The van der Waals surface area contributed by atoms with Crippen molar-refractivity contribution in [1.29, 1.82) is 0 Å². The first-order chi connectivity index (χ1) is 13.0. The van der Waals surface area contributed by atoms with Crippen LogP contribution in [0.1, 0.15) is 26.5 Å². The molecule has 0 radical (unpaired) electrons. The third-order valence-corrected chi connectivity index (χ3v) is 6.23. The van der Waals surface area contributed by atoms with Gasteiger partial charge >= 0.3 is 0 Å². The highest BCUT2D eigenvalue weighted by Gasteiger charge is 2.29. The van der Waals surface area contributed by atoms with Crippen LogP contribution in [0, 0.1) is 12.7 Å². The van der Waals surface area contributed by atoms with Gasteiger partial charge in [0.15, 0.2) is 0 Å². The summed E-state index contributed by atoms with van der Waals surface area (Å²) < 4.78 is 40.0. The van der Waals surface area contributed by atoms with Crippen LogP contribution < -0.4 is 10.2 Å². The highest BCUT2D eigenvalue weighted by atomic mass is 32.2. The van der Waals surface area contributed by atoms with E-state index in [2.05, 4.69) is 36.1 Å². The predicted molar refractivity (Wildman–Crippen MR) is 108 cm³/mol. The van der Waals surface area contributed by atoms with Gasteiger partial charge in [0, 0.05) is 43.5 Å². The molecule has 1 aliphatic rings. The van der Waals surface area contributed by atoms with E-state index in [9.17, 15) is 12.8 Å². The molecule has 2 aromatic rings. The third-order valence-electron chi connectivity index (χ3n) is 4.32. The monoisotopic (exact) mass is 407 g/mol. The Morgan fingerprint density at radius 1 is 1.04 bits per heavy atom. The standard InChI is InChI=1S/C19H26FN5O2S/c1-14-13-17(23-19(2,3)4)22-18(21-14)24-9-11-25(12-10-24)28(26,27)16-7-5-15(20)6-8-16/h5-8,13H,9-12H2,1-4H3,(H,21,22,23). The van der Waals surface area contributed by atoms with Gasteiger partial charge in [-0.1, -0.05) is 0 Å². The number of sulfonamides is 1. The van der Waals surface area contributed by atoms with Crippen LogP contribution in [0.3, 0.4) is 0 Å². The molecule has 1 aliphatic heterocycles. The van der Waals surface area contributed by atoms with Crippen LogP contribution in [0.15, 0.2) is 35.2 Å². The fourth-order valence-electron chi connectivity index (χ4n) is 3.03. The molecular weight excluding hydrogens is 381 g/mol. The Morgan fingerprint density at radius 3 is 2.21 bits per heavy atom. The van der Waals surface area contributed by atoms with Gasteiger partial charge < -0.3 is 10.2 Å². The number of benzene rings is 1. The molecule has 0 atom stereocenters. The molecule has 152 valence electrons. The molecular formula is C19H26FN5O2S. The van der Waals surface area contributed by atoms with E-state index in [1.54, 1.807) is 0 Å². The largest absolute Gasteiger partial charge is 0.365 e. The molecule has 0 unspecified atom stereocenters. The van der Waals surface area contributed by atoms with Crippen molar-refractivity contribution in [3.63, 3.8) is 0 Å². The number of aromatic nitrogens is 2. The highest BCUT2D eigenvalue weighted by Crippen LogP contribution is 2.22. The van der Waals surface area contributed by atoms with Crippen molar-refractivity contribution >= 4 is 21.8 Å². The summed E-state index contributed by atoms with van der Waals surface area (Å²) in [5.74, 6) is 0.877. The van der Waals surface area contributed by atoms with Crippen molar-refractivity contribution in [3.05, 3.63) is 41.8 Å². The lowest BCUT2D eigenvalue weighted by molar-refractivity contribution is 0.382. The Morgan fingerprint density at radius 2 is 1.64 bits per heavy atom. The molecule has 2 heterocycles. The highest BCUT2D eigenvalue weighted by molar-refractivity contribution is 7.89. The van der Waals surface area contributed by atoms with Gasteiger partial charge in [0.2, 0.25) is 16.0 Å². The van der Waals surface area contributed by atoms with Crippen molar-refractivity contribution in [1.82, 2.24) is 14.3 Å². The van der Waals surface area contributed by atoms with Crippen molar-refractivity contribution in [3.8, 4) is 0 Å². The number of rotatable bonds is 4. The van der Waals surface area contributed by atoms with Gasteiger partial charge in [0.25, 0.3) is 0 Å². The number of nitrogens with zero attached hydrogens (tertiary/aromatic N) is 4. The first-order valence-corrected chi connectivity index (χ1v) is 10.6. The number of aryl methyl sites for hydroxylation is 1. The minimum absolute atomic E-state index is 0.103. The first-order valence-electron chi connectivity index (χ1n) is 9.19. The number of piperazine rings is 1. The van der Waals surface area contributed by atoms with Gasteiger partial charge in [-0.3, -0.25) is 0 Å². The summed E-state index contributed by atoms with van der Waals surface area (Å²) in [6.45, 7) is 9.69. The van der Waals surface area contributed by atoms with E-state index in [0.717, 1.165) is 23.6 Å². The SMILES string of the molecule is Cc1cc(NC(C)(C)C)nc(N2CCN(S(=O)(=O)c3ccc(F)cc3)CC2)n1. The Bertz CT molecular complexity index is 934. The molecule has 28 heavy (non-hydrogen) atoms. The zero-order valence-electron chi connectivity index (χ0n) is 16.6. The van der Waals surface area contributed by atoms with Gasteiger partial charge in [-0.25, -0.2) is 17.8 Å². The van der Waals surface area contributed by atoms with E-state index in [1.165, 1.54) is 16.4 Å². The second-order valence-corrected chi connectivity index (χ2v) is 9.85. The molecule has 9 heteroatoms. The van der Waals surface area contributed by atoms with E-state index >= 15 is 0 Å². The maximum atomic E-state index is 13.1. The summed E-state index contributed by atoms with van der Waals surface area (Å²) in [5.41, 5.74) is 0.720. The Labute approximate surface area is 165 Å². The van der Waals surface area contributed by atoms with Crippen molar-refractivity contribution in [2.45, 2.75) is 38.1 Å². The zero-order valence-corrected chi connectivity index (χ0v) is 17.4. The smallest absolute Gasteiger partial charge is 0.243 e. The normalized spacial score (nSPS) is 16.2. The maximum Gasteiger partial charge on any atom is 0.243 e. The predicted octanol–water partition coefficient (Wildman–Crippen LogP) is 2.65. The van der Waals surface area contributed by atoms with Crippen LogP contribution in [-0.4, -0.2) is 54.4 Å². The maximum absolute atomic E-state index is 13.1. The molecule has 0 amide bonds. The van der Waals surface area contributed by atoms with E-state index in [0.29, 0.717) is 32.1 Å². The molecule has 1 aromatic carbocycles. The van der Waals surface area contributed by atoms with E-state index in [4.69, 9.17) is 0 Å². The van der Waals surface area contributed by atoms with Crippen LogP contribution in [0.4, 0.5) is 16.2 Å². The summed E-state index contributed by atoms with van der Waals surface area (Å²) in [6.07, 6.45) is 0. The van der Waals surface area contributed by atoms with E-state index < -0.39 is 15.8 Å². The molecule has 3 rings (SSSR count). The van der Waals surface area contributed by atoms with Gasteiger partial charge in [0.1, 0.15) is 11.6 Å². The summed E-state index contributed by atoms with van der Waals surface area (Å²) >= 11 is 0.